The van der Waals surface area contributed by atoms with E-state index >= 15 is 0 Å². The molecule has 3 heterocycles. The molecule has 3 saturated carbocycles. The van der Waals surface area contributed by atoms with E-state index < -0.39 is 24.7 Å². The summed E-state index contributed by atoms with van der Waals surface area (Å²) >= 11 is 0. The van der Waals surface area contributed by atoms with E-state index in [0.29, 0.717) is 18.3 Å². The third-order valence-corrected chi connectivity index (χ3v) is 10.6. The highest BCUT2D eigenvalue weighted by molar-refractivity contribution is 6.47. The zero-order valence-electron chi connectivity index (χ0n) is 22.7. The van der Waals surface area contributed by atoms with Crippen LogP contribution in [-0.4, -0.2) is 59.9 Å². The van der Waals surface area contributed by atoms with Crippen LogP contribution in [0.4, 0.5) is 4.79 Å². The second kappa shape index (κ2) is 9.27. The van der Waals surface area contributed by atoms with Gasteiger partial charge < -0.3 is 24.3 Å². The van der Waals surface area contributed by atoms with Gasteiger partial charge in [-0.2, -0.15) is 5.26 Å². The predicted octanol–water partition coefficient (Wildman–Crippen LogP) is 4.03. The maximum absolute atomic E-state index is 13.2. The fourth-order valence-corrected chi connectivity index (χ4v) is 8.41. The van der Waals surface area contributed by atoms with Crippen molar-refractivity contribution in [3.8, 4) is 6.07 Å². The van der Waals surface area contributed by atoms with Gasteiger partial charge in [-0.3, -0.25) is 4.79 Å². The van der Waals surface area contributed by atoms with Crippen LogP contribution >= 0.6 is 0 Å². The van der Waals surface area contributed by atoms with Crippen molar-refractivity contribution < 1.29 is 23.6 Å². The molecular weight excluding hydrogens is 481 g/mol. The molecule has 4 bridgehead atoms. The van der Waals surface area contributed by atoms with E-state index in [4.69, 9.17) is 19.3 Å². The van der Waals surface area contributed by atoms with Crippen molar-refractivity contribution in [1.82, 2.24) is 10.2 Å². The average molecular weight is 519 g/mol. The van der Waals surface area contributed by atoms with Crippen LogP contribution in [0, 0.1) is 28.6 Å². The number of amides is 2. The lowest BCUT2D eigenvalue weighted by atomic mass is 9.43. The zero-order chi connectivity index (χ0) is 26.7. The van der Waals surface area contributed by atoms with Crippen LogP contribution in [0.25, 0.3) is 0 Å². The Bertz CT molecular complexity index is 1130. The van der Waals surface area contributed by atoms with Gasteiger partial charge in [-0.05, 0) is 74.7 Å². The highest BCUT2D eigenvalue weighted by atomic mass is 16.7. The van der Waals surface area contributed by atoms with E-state index in [0.717, 1.165) is 37.7 Å². The standard InChI is InChI=1S/C29H38BN3O5/c1-27(2)20-16-22(27)28(3)23(17-20)37-30(38-28)24(15-19-7-5-4-6-8-19)32-26(35)36-18-29-12-9-21(10-13-29)33(29)25(34)11-14-31/h4-8,20-24H,9-13,15-18H2,1-3H3,(H,32,35)/t20-,21?,22-,23+,24-,28-,29?/m0/s1. The number of nitriles is 1. The van der Waals surface area contributed by atoms with Crippen LogP contribution < -0.4 is 5.32 Å². The molecule has 3 aliphatic carbocycles. The average Bonchev–Trinajstić information content (AvgIpc) is 3.56. The maximum Gasteiger partial charge on any atom is 0.482 e. The molecule has 38 heavy (non-hydrogen) atoms. The number of nitrogens with one attached hydrogen (secondary N) is 1. The van der Waals surface area contributed by atoms with Gasteiger partial charge in [0.2, 0.25) is 5.91 Å². The summed E-state index contributed by atoms with van der Waals surface area (Å²) in [4.78, 5) is 27.7. The maximum atomic E-state index is 13.2. The van der Waals surface area contributed by atoms with E-state index in [1.807, 2.05) is 41.3 Å². The van der Waals surface area contributed by atoms with Crippen molar-refractivity contribution in [1.29, 1.82) is 5.26 Å². The molecule has 9 heteroatoms. The number of alkyl carbamates (subject to hydrolysis) is 1. The fraction of sp³-hybridized carbons (Fsp3) is 0.690. The number of benzene rings is 1. The van der Waals surface area contributed by atoms with Crippen molar-refractivity contribution in [3.05, 3.63) is 35.9 Å². The molecule has 1 aromatic rings. The molecule has 0 radical (unpaired) electrons. The Morgan fingerprint density at radius 1 is 1.21 bits per heavy atom. The first kappa shape index (κ1) is 25.7. The van der Waals surface area contributed by atoms with Crippen LogP contribution in [0.3, 0.4) is 0 Å². The van der Waals surface area contributed by atoms with Crippen LogP contribution in [-0.2, 0) is 25.3 Å². The summed E-state index contributed by atoms with van der Waals surface area (Å²) in [6.07, 6.45) is 5.43. The Balaban J connectivity index is 1.15. The molecule has 0 spiro atoms. The molecule has 0 aromatic heterocycles. The molecule has 5 atom stereocenters. The lowest BCUT2D eigenvalue weighted by Gasteiger charge is -2.64. The van der Waals surface area contributed by atoms with Crippen molar-refractivity contribution in [2.45, 2.75) is 101 Å². The Morgan fingerprint density at radius 3 is 2.63 bits per heavy atom. The Morgan fingerprint density at radius 2 is 1.95 bits per heavy atom. The van der Waals surface area contributed by atoms with Gasteiger partial charge in [-0.1, -0.05) is 44.2 Å². The van der Waals surface area contributed by atoms with Crippen molar-refractivity contribution in [3.63, 3.8) is 0 Å². The van der Waals surface area contributed by atoms with Crippen molar-refractivity contribution in [2.75, 3.05) is 6.61 Å². The van der Waals surface area contributed by atoms with Gasteiger partial charge in [0, 0.05) is 6.04 Å². The highest BCUT2D eigenvalue weighted by Gasteiger charge is 2.68. The summed E-state index contributed by atoms with van der Waals surface area (Å²) in [5.41, 5.74) is 0.447. The lowest BCUT2D eigenvalue weighted by Crippen LogP contribution is -2.65. The van der Waals surface area contributed by atoms with Gasteiger partial charge >= 0.3 is 13.2 Å². The Kier molecular flexibility index (Phi) is 6.27. The highest BCUT2D eigenvalue weighted by Crippen LogP contribution is 2.65. The minimum Gasteiger partial charge on any atom is -0.447 e. The van der Waals surface area contributed by atoms with Gasteiger partial charge in [0.1, 0.15) is 13.0 Å². The van der Waals surface area contributed by atoms with Gasteiger partial charge in [-0.15, -0.1) is 0 Å². The molecule has 7 rings (SSSR count). The molecule has 0 unspecified atom stereocenters. The number of hydrogen-bond donors (Lipinski definition) is 1. The number of carbonyl (C=O) groups is 2. The Hall–Kier alpha value is -2.57. The van der Waals surface area contributed by atoms with Crippen molar-refractivity contribution in [2.24, 2.45) is 17.3 Å². The van der Waals surface area contributed by atoms with Gasteiger partial charge in [-0.25, -0.2) is 4.79 Å². The molecule has 6 fully saturated rings. The first-order chi connectivity index (χ1) is 18.2. The lowest BCUT2D eigenvalue weighted by molar-refractivity contribution is -0.199. The third-order valence-electron chi connectivity index (χ3n) is 10.6. The molecule has 3 saturated heterocycles. The van der Waals surface area contributed by atoms with Crippen LogP contribution in [0.2, 0.25) is 0 Å². The molecule has 2 amide bonds. The second-order valence-corrected chi connectivity index (χ2v) is 12.9. The van der Waals surface area contributed by atoms with E-state index in [-0.39, 0.29) is 42.1 Å². The van der Waals surface area contributed by atoms with E-state index in [1.54, 1.807) is 0 Å². The molecular formula is C29H38BN3O5. The normalized spacial score (nSPS) is 36.7. The Labute approximate surface area is 225 Å². The molecule has 202 valence electrons. The van der Waals surface area contributed by atoms with E-state index in [1.165, 1.54) is 6.42 Å². The first-order valence-corrected chi connectivity index (χ1v) is 14.2. The second-order valence-electron chi connectivity index (χ2n) is 12.9. The minimum atomic E-state index is -0.567. The molecule has 3 aliphatic heterocycles. The molecule has 6 aliphatic rings. The van der Waals surface area contributed by atoms with Gasteiger partial charge in [0.25, 0.3) is 0 Å². The largest absolute Gasteiger partial charge is 0.482 e. The third kappa shape index (κ3) is 4.03. The number of fused-ring (bicyclic) bond motifs is 2. The number of nitrogens with zero attached hydrogens (tertiary/aromatic N) is 2. The number of rotatable bonds is 7. The molecule has 1 N–H and O–H groups in total. The summed E-state index contributed by atoms with van der Waals surface area (Å²) in [6.45, 7) is 6.98. The monoisotopic (exact) mass is 519 g/mol. The van der Waals surface area contributed by atoms with Gasteiger partial charge in [0.15, 0.2) is 0 Å². The van der Waals surface area contributed by atoms with Crippen LogP contribution in [0.5, 0.6) is 0 Å². The number of carbonyl (C=O) groups excluding carboxylic acids is 2. The summed E-state index contributed by atoms with van der Waals surface area (Å²) in [5, 5.41) is 12.1. The zero-order valence-corrected chi connectivity index (χ0v) is 22.7. The quantitative estimate of drug-likeness (QED) is 0.546. The number of ether oxygens (including phenoxy) is 1. The van der Waals surface area contributed by atoms with E-state index in [9.17, 15) is 9.59 Å². The minimum absolute atomic E-state index is 0.0212. The van der Waals surface area contributed by atoms with Crippen molar-refractivity contribution >= 4 is 19.1 Å². The van der Waals surface area contributed by atoms with Crippen LogP contribution in [0.1, 0.15) is 71.3 Å². The smallest absolute Gasteiger partial charge is 0.447 e. The number of hydrogen-bond acceptors (Lipinski definition) is 6. The summed E-state index contributed by atoms with van der Waals surface area (Å²) < 4.78 is 19.0. The summed E-state index contributed by atoms with van der Waals surface area (Å²) in [5.74, 6) is 0.498. The first-order valence-electron chi connectivity index (χ1n) is 14.2. The summed E-state index contributed by atoms with van der Waals surface area (Å²) in [6, 6.07) is 12.2. The predicted molar refractivity (Wildman–Crippen MR) is 141 cm³/mol. The van der Waals surface area contributed by atoms with Crippen LogP contribution in [0.15, 0.2) is 30.3 Å². The summed E-state index contributed by atoms with van der Waals surface area (Å²) in [7, 11) is -0.567. The fourth-order valence-electron chi connectivity index (χ4n) is 8.41. The van der Waals surface area contributed by atoms with Gasteiger partial charge in [0.05, 0.1) is 29.3 Å². The van der Waals surface area contributed by atoms with E-state index in [2.05, 4.69) is 26.1 Å². The SMILES string of the molecule is CC1(C)[C@@H]2C[C@H]3OB([C@H](Cc4ccccc4)NC(=O)OCC45CCC(CC4)N5C(=O)CC#N)O[C@@]3(C)[C@H]1C2. The topological polar surface area (TPSA) is 101 Å². The molecule has 8 nitrogen and oxygen atoms in total. The molecule has 1 aromatic carbocycles.